The molecule has 1 unspecified atom stereocenters. The van der Waals surface area contributed by atoms with Crippen LogP contribution < -0.4 is 0 Å². The monoisotopic (exact) mass is 167 g/mol. The Kier molecular flexibility index (Phi) is 2.08. The molecule has 12 heavy (non-hydrogen) atoms. The lowest BCUT2D eigenvalue weighted by molar-refractivity contribution is -0.138. The summed E-state index contributed by atoms with van der Waals surface area (Å²) in [7, 11) is 1.38. The first-order valence-electron chi connectivity index (χ1n) is 3.54. The van der Waals surface area contributed by atoms with Crippen molar-refractivity contribution < 1.29 is 14.4 Å². The molecule has 1 aliphatic heterocycles. The van der Waals surface area contributed by atoms with Crippen molar-refractivity contribution in [2.75, 3.05) is 7.05 Å². The number of carbonyl (C=O) groups is 3. The van der Waals surface area contributed by atoms with Gasteiger partial charge in [0, 0.05) is 13.5 Å². The van der Waals surface area contributed by atoms with Crippen LogP contribution in [0.5, 0.6) is 0 Å². The van der Waals surface area contributed by atoms with E-state index in [2.05, 4.69) is 6.58 Å². The van der Waals surface area contributed by atoms with Crippen LogP contribution in [0.25, 0.3) is 0 Å². The number of nitrogens with zero attached hydrogens (tertiary/aromatic N) is 1. The topological polar surface area (TPSA) is 54.5 Å². The van der Waals surface area contributed by atoms with Crippen molar-refractivity contribution in [1.82, 2.24) is 4.90 Å². The van der Waals surface area contributed by atoms with E-state index >= 15 is 0 Å². The fourth-order valence-corrected chi connectivity index (χ4v) is 1.12. The molecular weight excluding hydrogens is 158 g/mol. The van der Waals surface area contributed by atoms with Crippen LogP contribution >= 0.6 is 0 Å². The Bertz CT molecular complexity index is 269. The van der Waals surface area contributed by atoms with E-state index in [-0.39, 0.29) is 18.1 Å². The molecule has 1 rings (SSSR count). The fraction of sp³-hybridized carbons (Fsp3) is 0.375. The molecule has 1 aliphatic rings. The first-order chi connectivity index (χ1) is 5.57. The molecule has 0 bridgehead atoms. The highest BCUT2D eigenvalue weighted by atomic mass is 16.2. The molecule has 1 saturated heterocycles. The predicted molar refractivity (Wildman–Crippen MR) is 41.1 cm³/mol. The van der Waals surface area contributed by atoms with Gasteiger partial charge in [0.05, 0.1) is 0 Å². The van der Waals surface area contributed by atoms with Gasteiger partial charge in [-0.05, 0) is 6.08 Å². The minimum atomic E-state index is -0.819. The molecule has 4 nitrogen and oxygen atoms in total. The maximum Gasteiger partial charge on any atom is 0.240 e. The zero-order valence-corrected chi connectivity index (χ0v) is 6.74. The Labute approximate surface area is 69.8 Å². The zero-order chi connectivity index (χ0) is 9.30. The Balaban J connectivity index is 2.84. The Hall–Kier alpha value is -1.45. The van der Waals surface area contributed by atoms with Crippen molar-refractivity contribution in [1.29, 1.82) is 0 Å². The minimum Gasteiger partial charge on any atom is -0.294 e. The largest absolute Gasteiger partial charge is 0.294 e. The number of imide groups is 1. The molecule has 0 aromatic rings. The lowest BCUT2D eigenvalue weighted by Crippen LogP contribution is -2.28. The van der Waals surface area contributed by atoms with E-state index in [1.807, 2.05) is 0 Å². The maximum atomic E-state index is 11.2. The van der Waals surface area contributed by atoms with E-state index in [1.54, 1.807) is 0 Å². The molecule has 0 radical (unpaired) electrons. The third kappa shape index (κ3) is 1.15. The van der Waals surface area contributed by atoms with Crippen molar-refractivity contribution in [3.8, 4) is 0 Å². The molecule has 0 N–H and O–H groups in total. The van der Waals surface area contributed by atoms with Crippen LogP contribution in [0.3, 0.4) is 0 Å². The van der Waals surface area contributed by atoms with Gasteiger partial charge in [0.15, 0.2) is 5.78 Å². The van der Waals surface area contributed by atoms with Crippen molar-refractivity contribution in [3.63, 3.8) is 0 Å². The standard InChI is InChI=1S/C8H9NO3/c1-3-6(10)5-4-7(11)9(2)8(5)12/h3,5H,1,4H2,2H3. The smallest absolute Gasteiger partial charge is 0.240 e. The van der Waals surface area contributed by atoms with E-state index in [1.165, 1.54) is 7.05 Å². The van der Waals surface area contributed by atoms with Gasteiger partial charge in [-0.2, -0.15) is 0 Å². The van der Waals surface area contributed by atoms with Crippen LogP contribution in [0, 0.1) is 5.92 Å². The van der Waals surface area contributed by atoms with E-state index < -0.39 is 11.8 Å². The summed E-state index contributed by atoms with van der Waals surface area (Å²) < 4.78 is 0. The van der Waals surface area contributed by atoms with E-state index in [0.717, 1.165) is 11.0 Å². The summed E-state index contributed by atoms with van der Waals surface area (Å²) in [5.41, 5.74) is 0. The highest BCUT2D eigenvalue weighted by Gasteiger charge is 2.39. The maximum absolute atomic E-state index is 11.2. The molecule has 0 saturated carbocycles. The first kappa shape index (κ1) is 8.64. The normalized spacial score (nSPS) is 23.1. The van der Waals surface area contributed by atoms with E-state index in [9.17, 15) is 14.4 Å². The zero-order valence-electron chi connectivity index (χ0n) is 6.74. The lowest BCUT2D eigenvalue weighted by Gasteiger charge is -2.04. The molecular formula is C8H9NO3. The van der Waals surface area contributed by atoms with Gasteiger partial charge in [-0.15, -0.1) is 0 Å². The number of likely N-dealkylation sites (tertiary alicyclic amines) is 1. The fourth-order valence-electron chi connectivity index (χ4n) is 1.12. The highest BCUT2D eigenvalue weighted by molar-refractivity contribution is 6.16. The van der Waals surface area contributed by atoms with Crippen LogP contribution in [0.15, 0.2) is 12.7 Å². The lowest BCUT2D eigenvalue weighted by atomic mass is 10.0. The molecule has 1 fully saturated rings. The summed E-state index contributed by atoms with van der Waals surface area (Å²) in [5.74, 6) is -1.93. The third-order valence-electron chi connectivity index (χ3n) is 1.93. The van der Waals surface area contributed by atoms with Crippen LogP contribution in [0.1, 0.15) is 6.42 Å². The van der Waals surface area contributed by atoms with Gasteiger partial charge in [0.1, 0.15) is 5.92 Å². The number of rotatable bonds is 2. The van der Waals surface area contributed by atoms with Gasteiger partial charge in [0.25, 0.3) is 0 Å². The second-order valence-electron chi connectivity index (χ2n) is 2.65. The summed E-state index contributed by atoms with van der Waals surface area (Å²) >= 11 is 0. The first-order valence-corrected chi connectivity index (χ1v) is 3.54. The average molecular weight is 167 g/mol. The molecule has 0 aliphatic carbocycles. The second kappa shape index (κ2) is 2.89. The van der Waals surface area contributed by atoms with Gasteiger partial charge in [-0.1, -0.05) is 6.58 Å². The van der Waals surface area contributed by atoms with Crippen molar-refractivity contribution in [2.45, 2.75) is 6.42 Å². The summed E-state index contributed by atoms with van der Waals surface area (Å²) in [6.45, 7) is 3.26. The van der Waals surface area contributed by atoms with Crippen molar-refractivity contribution in [2.24, 2.45) is 5.92 Å². The summed E-state index contributed by atoms with van der Waals surface area (Å²) in [5, 5.41) is 0. The van der Waals surface area contributed by atoms with Gasteiger partial charge in [-0.3, -0.25) is 19.3 Å². The second-order valence-corrected chi connectivity index (χ2v) is 2.65. The number of carbonyl (C=O) groups excluding carboxylic acids is 3. The van der Waals surface area contributed by atoms with Gasteiger partial charge >= 0.3 is 0 Å². The van der Waals surface area contributed by atoms with Crippen molar-refractivity contribution >= 4 is 17.6 Å². The molecule has 1 heterocycles. The Morgan fingerprint density at radius 2 is 2.25 bits per heavy atom. The molecule has 0 spiro atoms. The third-order valence-corrected chi connectivity index (χ3v) is 1.93. The van der Waals surface area contributed by atoms with Crippen molar-refractivity contribution in [3.05, 3.63) is 12.7 Å². The molecule has 1 atom stereocenters. The Morgan fingerprint density at radius 1 is 1.67 bits per heavy atom. The molecule has 4 heteroatoms. The number of allylic oxidation sites excluding steroid dienone is 1. The SMILES string of the molecule is C=CC(=O)C1CC(=O)N(C)C1=O. The Morgan fingerprint density at radius 3 is 2.58 bits per heavy atom. The van der Waals surface area contributed by atoms with Crippen LogP contribution in [-0.4, -0.2) is 29.5 Å². The molecule has 0 aromatic carbocycles. The van der Waals surface area contributed by atoms with Crippen LogP contribution in [-0.2, 0) is 14.4 Å². The molecule has 2 amide bonds. The summed E-state index contributed by atoms with van der Waals surface area (Å²) in [6.07, 6.45) is 1.06. The summed E-state index contributed by atoms with van der Waals surface area (Å²) in [4.78, 5) is 34.1. The quantitative estimate of drug-likeness (QED) is 0.323. The van der Waals surface area contributed by atoms with Gasteiger partial charge in [-0.25, -0.2) is 0 Å². The van der Waals surface area contributed by atoms with E-state index in [4.69, 9.17) is 0 Å². The van der Waals surface area contributed by atoms with Crippen LogP contribution in [0.2, 0.25) is 0 Å². The number of hydrogen-bond donors (Lipinski definition) is 0. The summed E-state index contributed by atoms with van der Waals surface area (Å²) in [6, 6.07) is 0. The average Bonchev–Trinajstić information content (AvgIpc) is 2.32. The predicted octanol–water partition coefficient (Wildman–Crippen LogP) is -0.254. The minimum absolute atomic E-state index is 0.0137. The number of amides is 2. The van der Waals surface area contributed by atoms with E-state index in [0.29, 0.717) is 0 Å². The van der Waals surface area contributed by atoms with Gasteiger partial charge < -0.3 is 0 Å². The number of hydrogen-bond acceptors (Lipinski definition) is 3. The molecule has 64 valence electrons. The molecule has 0 aromatic heterocycles. The van der Waals surface area contributed by atoms with Crippen LogP contribution in [0.4, 0.5) is 0 Å². The number of ketones is 1. The highest BCUT2D eigenvalue weighted by Crippen LogP contribution is 2.18. The van der Waals surface area contributed by atoms with Gasteiger partial charge in [0.2, 0.25) is 11.8 Å².